The van der Waals surface area contributed by atoms with Crippen molar-refractivity contribution < 1.29 is 17.8 Å². The van der Waals surface area contributed by atoms with Crippen LogP contribution in [-0.4, -0.2) is 37.9 Å². The van der Waals surface area contributed by atoms with Crippen LogP contribution in [0.4, 0.5) is 0 Å². The molecular formula is C13H17NO4S. The van der Waals surface area contributed by atoms with Gasteiger partial charge in [0.1, 0.15) is 0 Å². The van der Waals surface area contributed by atoms with E-state index in [4.69, 9.17) is 4.55 Å². The van der Waals surface area contributed by atoms with Crippen molar-refractivity contribution in [2.75, 3.05) is 14.1 Å². The normalized spacial score (nSPS) is 10.5. The Hall–Kier alpha value is -1.92. The van der Waals surface area contributed by atoms with Crippen LogP contribution >= 0.6 is 0 Å². The largest absolute Gasteiger partial charge is 0.345 e. The minimum absolute atomic E-state index is 0.0556. The van der Waals surface area contributed by atoms with Gasteiger partial charge in [0.2, 0.25) is 5.91 Å². The number of hydrogen-bond acceptors (Lipinski definition) is 3. The summed E-state index contributed by atoms with van der Waals surface area (Å²) in [6, 6.07) is 8.86. The molecule has 1 aromatic rings. The molecule has 0 atom stereocenters. The van der Waals surface area contributed by atoms with E-state index in [2.05, 4.69) is 6.58 Å². The third-order valence-electron chi connectivity index (χ3n) is 1.85. The number of rotatable bonds is 3. The summed E-state index contributed by atoms with van der Waals surface area (Å²) in [6.45, 7) is 3.29. The van der Waals surface area contributed by atoms with Crippen LogP contribution in [0.2, 0.25) is 0 Å². The topological polar surface area (TPSA) is 74.7 Å². The predicted octanol–water partition coefficient (Wildman–Crippen LogP) is 1.81. The zero-order valence-electron chi connectivity index (χ0n) is 10.9. The Kier molecular flexibility index (Phi) is 7.40. The molecule has 0 bridgehead atoms. The van der Waals surface area contributed by atoms with Gasteiger partial charge in [0.25, 0.3) is 10.1 Å². The first-order valence-corrected chi connectivity index (χ1v) is 6.81. The van der Waals surface area contributed by atoms with E-state index in [1.807, 2.05) is 6.07 Å². The molecule has 19 heavy (non-hydrogen) atoms. The second kappa shape index (κ2) is 8.23. The Bertz CT molecular complexity index is 533. The predicted molar refractivity (Wildman–Crippen MR) is 75.9 cm³/mol. The van der Waals surface area contributed by atoms with Crippen LogP contribution in [0.25, 0.3) is 6.08 Å². The van der Waals surface area contributed by atoms with Gasteiger partial charge in [0.15, 0.2) is 0 Å². The van der Waals surface area contributed by atoms with Crippen molar-refractivity contribution in [1.29, 1.82) is 0 Å². The summed E-state index contributed by atoms with van der Waals surface area (Å²) in [5.74, 6) is -0.0556. The van der Waals surface area contributed by atoms with Gasteiger partial charge >= 0.3 is 0 Å². The number of hydrogen-bond donors (Lipinski definition) is 1. The van der Waals surface area contributed by atoms with Gasteiger partial charge in [-0.15, -0.1) is 0 Å². The van der Waals surface area contributed by atoms with Crippen LogP contribution < -0.4 is 0 Å². The molecule has 0 aliphatic rings. The second-order valence-corrected chi connectivity index (χ2v) is 4.97. The summed E-state index contributed by atoms with van der Waals surface area (Å²) in [6.07, 6.45) is 2.61. The molecular weight excluding hydrogens is 266 g/mol. The lowest BCUT2D eigenvalue weighted by Crippen LogP contribution is -2.18. The Labute approximate surface area is 113 Å². The highest BCUT2D eigenvalue weighted by molar-refractivity contribution is 7.88. The molecule has 0 fully saturated rings. The maximum absolute atomic E-state index is 10.3. The molecule has 6 heteroatoms. The maximum atomic E-state index is 10.3. The van der Waals surface area contributed by atoms with Crippen LogP contribution in [0.5, 0.6) is 0 Å². The van der Waals surface area contributed by atoms with Gasteiger partial charge in [-0.3, -0.25) is 9.35 Å². The fraction of sp³-hybridized carbons (Fsp3) is 0.154. The van der Waals surface area contributed by atoms with Crippen molar-refractivity contribution in [3.8, 4) is 0 Å². The summed E-state index contributed by atoms with van der Waals surface area (Å²) < 4.78 is 28.9. The van der Waals surface area contributed by atoms with E-state index in [9.17, 15) is 13.2 Å². The molecule has 5 nitrogen and oxygen atoms in total. The van der Waals surface area contributed by atoms with Crippen molar-refractivity contribution in [3.63, 3.8) is 0 Å². The van der Waals surface area contributed by atoms with Crippen LogP contribution in [0.1, 0.15) is 5.56 Å². The van der Waals surface area contributed by atoms with Gasteiger partial charge in [-0.2, -0.15) is 8.42 Å². The van der Waals surface area contributed by atoms with Crippen molar-refractivity contribution in [3.05, 3.63) is 54.0 Å². The molecule has 1 N–H and O–H groups in total. The van der Waals surface area contributed by atoms with Gasteiger partial charge in [0, 0.05) is 14.1 Å². The zero-order chi connectivity index (χ0) is 14.9. The summed E-state index contributed by atoms with van der Waals surface area (Å²) >= 11 is 0. The standard InChI is InChI=1S/C8H8O3S.C5H9NO/c9-12(10,11)7-6-8-4-2-1-3-5-8;1-4-5(7)6(2)3/h1-7H,(H,9,10,11);4H,1H2,2-3H3. The van der Waals surface area contributed by atoms with Gasteiger partial charge in [-0.1, -0.05) is 36.9 Å². The van der Waals surface area contributed by atoms with E-state index < -0.39 is 10.1 Å². The van der Waals surface area contributed by atoms with E-state index in [0.717, 1.165) is 11.0 Å². The monoisotopic (exact) mass is 283 g/mol. The van der Waals surface area contributed by atoms with Crippen molar-refractivity contribution in [1.82, 2.24) is 4.90 Å². The van der Waals surface area contributed by atoms with Crippen LogP contribution in [0.15, 0.2) is 48.4 Å². The molecule has 0 aliphatic carbocycles. The molecule has 1 aromatic carbocycles. The molecule has 1 amide bonds. The first-order chi connectivity index (χ1) is 8.76. The molecule has 0 spiro atoms. The summed E-state index contributed by atoms with van der Waals surface area (Å²) in [5.41, 5.74) is 0.732. The lowest BCUT2D eigenvalue weighted by atomic mass is 10.2. The molecule has 104 valence electrons. The van der Waals surface area contributed by atoms with E-state index in [1.165, 1.54) is 17.1 Å². The van der Waals surface area contributed by atoms with E-state index >= 15 is 0 Å². The fourth-order valence-electron chi connectivity index (χ4n) is 0.911. The number of nitrogens with zero attached hydrogens (tertiary/aromatic N) is 1. The number of carbonyl (C=O) groups is 1. The SMILES string of the molecule is C=CC(=O)N(C)C.O=S(=O)(O)C=Cc1ccccc1. The number of carbonyl (C=O) groups excluding carboxylic acids is 1. The fourth-order valence-corrected chi connectivity index (χ4v) is 1.24. The molecule has 0 unspecified atom stereocenters. The minimum Gasteiger partial charge on any atom is -0.345 e. The minimum atomic E-state index is -4.00. The van der Waals surface area contributed by atoms with E-state index in [-0.39, 0.29) is 5.91 Å². The highest BCUT2D eigenvalue weighted by Crippen LogP contribution is 2.01. The smallest absolute Gasteiger partial charge is 0.287 e. The van der Waals surface area contributed by atoms with Crippen LogP contribution in [0, 0.1) is 0 Å². The molecule has 0 saturated heterocycles. The van der Waals surface area contributed by atoms with Crippen LogP contribution in [-0.2, 0) is 14.9 Å². The summed E-state index contributed by atoms with van der Waals surface area (Å²) in [7, 11) is -0.634. The second-order valence-electron chi connectivity index (χ2n) is 3.67. The highest BCUT2D eigenvalue weighted by Gasteiger charge is 1.94. The number of benzene rings is 1. The van der Waals surface area contributed by atoms with E-state index in [1.54, 1.807) is 38.4 Å². The molecule has 0 radical (unpaired) electrons. The van der Waals surface area contributed by atoms with Crippen molar-refractivity contribution >= 4 is 22.1 Å². The number of amides is 1. The Morgan fingerprint density at radius 1 is 1.26 bits per heavy atom. The van der Waals surface area contributed by atoms with Crippen molar-refractivity contribution in [2.45, 2.75) is 0 Å². The average molecular weight is 283 g/mol. The summed E-state index contributed by atoms with van der Waals surface area (Å²) in [5, 5.41) is 0.752. The van der Waals surface area contributed by atoms with Crippen molar-refractivity contribution in [2.24, 2.45) is 0 Å². The first-order valence-electron chi connectivity index (χ1n) is 5.30. The lowest BCUT2D eigenvalue weighted by Gasteiger charge is -2.03. The average Bonchev–Trinajstić information content (AvgIpc) is 2.36. The third kappa shape index (κ3) is 9.75. The van der Waals surface area contributed by atoms with Gasteiger partial charge in [0.05, 0.1) is 5.41 Å². The Morgan fingerprint density at radius 3 is 2.11 bits per heavy atom. The molecule has 0 aliphatic heterocycles. The Morgan fingerprint density at radius 2 is 1.79 bits per heavy atom. The molecule has 0 heterocycles. The highest BCUT2D eigenvalue weighted by atomic mass is 32.2. The molecule has 1 rings (SSSR count). The number of likely N-dealkylation sites (N-methyl/N-ethyl adjacent to an activating group) is 1. The van der Waals surface area contributed by atoms with Gasteiger partial charge in [-0.25, -0.2) is 0 Å². The van der Waals surface area contributed by atoms with Crippen LogP contribution in [0.3, 0.4) is 0 Å². The summed E-state index contributed by atoms with van der Waals surface area (Å²) in [4.78, 5) is 11.8. The quantitative estimate of drug-likeness (QED) is 0.678. The van der Waals surface area contributed by atoms with Gasteiger partial charge < -0.3 is 4.90 Å². The van der Waals surface area contributed by atoms with E-state index in [0.29, 0.717) is 0 Å². The third-order valence-corrected chi connectivity index (χ3v) is 2.33. The van der Waals surface area contributed by atoms with Gasteiger partial charge in [-0.05, 0) is 17.7 Å². The lowest BCUT2D eigenvalue weighted by molar-refractivity contribution is -0.123. The molecule has 0 aromatic heterocycles. The Balaban J connectivity index is 0.000000399. The molecule has 0 saturated carbocycles. The first kappa shape index (κ1) is 17.1. The zero-order valence-corrected chi connectivity index (χ0v) is 11.7. The maximum Gasteiger partial charge on any atom is 0.287 e.